The predicted octanol–water partition coefficient (Wildman–Crippen LogP) is 13.9. The molecule has 2 aromatic heterocycles. The molecule has 3 nitrogen and oxygen atoms in total. The molecule has 1 aliphatic heterocycles. The lowest BCUT2D eigenvalue weighted by Crippen LogP contribution is -2.28. The Kier molecular flexibility index (Phi) is 7.05. The number of aromatic nitrogens is 2. The van der Waals surface area contributed by atoms with E-state index in [4.69, 9.17) is 0 Å². The average molecular weight is 728 g/mol. The number of benzene rings is 8. The summed E-state index contributed by atoms with van der Waals surface area (Å²) in [4.78, 5) is 2.62. The number of allylic oxidation sites excluding steroid dienone is 2. The van der Waals surface area contributed by atoms with Gasteiger partial charge in [-0.15, -0.1) is 0 Å². The van der Waals surface area contributed by atoms with Gasteiger partial charge in [0, 0.05) is 44.5 Å². The van der Waals surface area contributed by atoms with Gasteiger partial charge in [0.15, 0.2) is 0 Å². The van der Waals surface area contributed by atoms with Crippen LogP contribution in [0.5, 0.6) is 0 Å². The largest absolute Gasteiger partial charge is 0.332 e. The van der Waals surface area contributed by atoms with Gasteiger partial charge in [-0.3, -0.25) is 0 Å². The van der Waals surface area contributed by atoms with Crippen molar-refractivity contribution in [3.63, 3.8) is 0 Å². The molecule has 12 rings (SSSR count). The van der Waals surface area contributed by atoms with Gasteiger partial charge in [-0.1, -0.05) is 152 Å². The highest BCUT2D eigenvalue weighted by Crippen LogP contribution is 2.59. The molecular formula is C54H37N3. The highest BCUT2D eigenvalue weighted by molar-refractivity contribution is 6.25. The fourth-order valence-corrected chi connectivity index (χ4v) is 9.96. The summed E-state index contributed by atoms with van der Waals surface area (Å²) in [5, 5.41) is 5.01. The Balaban J connectivity index is 1.30. The minimum Gasteiger partial charge on any atom is -0.332 e. The molecule has 3 heterocycles. The van der Waals surface area contributed by atoms with Crippen molar-refractivity contribution in [1.82, 2.24) is 9.13 Å². The summed E-state index contributed by atoms with van der Waals surface area (Å²) >= 11 is 0. The lowest BCUT2D eigenvalue weighted by Gasteiger charge is -2.29. The molecule has 2 unspecified atom stereocenters. The Morgan fingerprint density at radius 3 is 1.63 bits per heavy atom. The molecule has 0 fully saturated rings. The number of fused-ring (bicyclic) bond motifs is 10. The van der Waals surface area contributed by atoms with E-state index in [9.17, 15) is 0 Å². The van der Waals surface area contributed by atoms with Crippen LogP contribution < -0.4 is 4.90 Å². The minimum atomic E-state index is 0.113. The number of anilines is 2. The molecule has 0 radical (unpaired) electrons. The van der Waals surface area contributed by atoms with Crippen molar-refractivity contribution < 1.29 is 0 Å². The van der Waals surface area contributed by atoms with Crippen LogP contribution in [0.1, 0.15) is 11.5 Å². The van der Waals surface area contributed by atoms with E-state index in [1.807, 2.05) is 0 Å². The van der Waals surface area contributed by atoms with Crippen LogP contribution in [0.15, 0.2) is 212 Å². The van der Waals surface area contributed by atoms with E-state index in [-0.39, 0.29) is 12.0 Å². The summed E-state index contributed by atoms with van der Waals surface area (Å²) in [6.45, 7) is 0. The third kappa shape index (κ3) is 4.66. The summed E-state index contributed by atoms with van der Waals surface area (Å²) in [5.74, 6) is 0.134. The molecule has 268 valence electrons. The highest BCUT2D eigenvalue weighted by atomic mass is 15.2. The van der Waals surface area contributed by atoms with E-state index < -0.39 is 0 Å². The molecule has 0 saturated carbocycles. The van der Waals surface area contributed by atoms with Gasteiger partial charge in [0.05, 0.1) is 33.8 Å². The van der Waals surface area contributed by atoms with Crippen LogP contribution in [0.3, 0.4) is 0 Å². The zero-order chi connectivity index (χ0) is 37.5. The normalized spacial score (nSPS) is 15.9. The molecule has 2 atom stereocenters. The number of para-hydroxylation sites is 5. The molecule has 0 saturated heterocycles. The average Bonchev–Trinajstić information content (AvgIpc) is 3.93. The molecule has 0 amide bonds. The topological polar surface area (TPSA) is 13.1 Å². The maximum Gasteiger partial charge on any atom is 0.0788 e. The Morgan fingerprint density at radius 1 is 0.386 bits per heavy atom. The van der Waals surface area contributed by atoms with Gasteiger partial charge >= 0.3 is 0 Å². The fourth-order valence-electron chi connectivity index (χ4n) is 9.96. The Bertz CT molecular complexity index is 3230. The van der Waals surface area contributed by atoms with Crippen molar-refractivity contribution in [2.45, 2.75) is 12.0 Å². The second-order valence-electron chi connectivity index (χ2n) is 15.2. The zero-order valence-corrected chi connectivity index (χ0v) is 31.2. The lowest BCUT2D eigenvalue weighted by atomic mass is 9.80. The molecule has 3 heteroatoms. The maximum atomic E-state index is 2.62. The monoisotopic (exact) mass is 727 g/mol. The number of hydrogen-bond acceptors (Lipinski definition) is 1. The molecule has 0 bridgehead atoms. The van der Waals surface area contributed by atoms with Crippen LogP contribution in [-0.2, 0) is 0 Å². The third-order valence-electron chi connectivity index (χ3n) is 12.2. The van der Waals surface area contributed by atoms with Gasteiger partial charge in [-0.05, 0) is 88.5 Å². The second-order valence-corrected chi connectivity index (χ2v) is 15.2. The number of nitrogens with zero attached hydrogens (tertiary/aromatic N) is 3. The minimum absolute atomic E-state index is 0.113. The van der Waals surface area contributed by atoms with Gasteiger partial charge in [-0.2, -0.15) is 0 Å². The van der Waals surface area contributed by atoms with Gasteiger partial charge in [0.2, 0.25) is 0 Å². The molecule has 1 aliphatic carbocycles. The number of hydrogen-bond donors (Lipinski definition) is 0. The first-order valence-corrected chi connectivity index (χ1v) is 19.9. The van der Waals surface area contributed by atoms with Gasteiger partial charge in [-0.25, -0.2) is 0 Å². The quantitative estimate of drug-likeness (QED) is 0.172. The van der Waals surface area contributed by atoms with E-state index in [1.54, 1.807) is 0 Å². The van der Waals surface area contributed by atoms with Crippen molar-refractivity contribution >= 4 is 55.0 Å². The summed E-state index contributed by atoms with van der Waals surface area (Å²) in [7, 11) is 0. The van der Waals surface area contributed by atoms with E-state index in [2.05, 4.69) is 226 Å². The van der Waals surface area contributed by atoms with Gasteiger partial charge in [0.1, 0.15) is 0 Å². The Labute approximate surface area is 331 Å². The summed E-state index contributed by atoms with van der Waals surface area (Å²) < 4.78 is 4.94. The van der Waals surface area contributed by atoms with Crippen molar-refractivity contribution in [3.05, 3.63) is 218 Å². The van der Waals surface area contributed by atoms with Crippen LogP contribution in [0.25, 0.3) is 77.2 Å². The van der Waals surface area contributed by atoms with E-state index in [1.165, 1.54) is 82.8 Å². The first kappa shape index (κ1) is 31.9. The molecule has 10 aromatic rings. The fraction of sp³-hybridized carbons (Fsp3) is 0.0370. The Morgan fingerprint density at radius 2 is 0.930 bits per heavy atom. The molecular weight excluding hydrogens is 691 g/mol. The van der Waals surface area contributed by atoms with Crippen molar-refractivity contribution in [3.8, 4) is 33.6 Å². The first-order chi connectivity index (χ1) is 28.3. The Hall–Kier alpha value is -7.36. The summed E-state index contributed by atoms with van der Waals surface area (Å²) in [6, 6.07) is 69.0. The lowest BCUT2D eigenvalue weighted by molar-refractivity contribution is 0.745. The van der Waals surface area contributed by atoms with Gasteiger partial charge < -0.3 is 14.0 Å². The highest BCUT2D eigenvalue weighted by Gasteiger charge is 2.43. The smallest absolute Gasteiger partial charge is 0.0788 e. The zero-order valence-electron chi connectivity index (χ0n) is 31.2. The first-order valence-electron chi connectivity index (χ1n) is 19.9. The molecule has 0 spiro atoms. The SMILES string of the molecule is C1=CC2c3c(-c4ccccc4)c(-c4ccc5c(c4)c4ccccc4n5-c4ccccc4)c4c5ccccc5n(-c5ccccc5)c4c3N(c3ccccc3)C2C=C1. The molecule has 2 aliphatic rings. The van der Waals surface area contributed by atoms with E-state index in [0.717, 1.165) is 11.4 Å². The summed E-state index contributed by atoms with van der Waals surface area (Å²) in [5.41, 5.74) is 16.0. The van der Waals surface area contributed by atoms with Crippen molar-refractivity contribution in [1.29, 1.82) is 0 Å². The van der Waals surface area contributed by atoms with Crippen LogP contribution in [0.2, 0.25) is 0 Å². The van der Waals surface area contributed by atoms with E-state index in [0.29, 0.717) is 0 Å². The van der Waals surface area contributed by atoms with Crippen LogP contribution in [0.4, 0.5) is 11.4 Å². The van der Waals surface area contributed by atoms with Crippen LogP contribution >= 0.6 is 0 Å². The predicted molar refractivity (Wildman–Crippen MR) is 239 cm³/mol. The molecule has 0 N–H and O–H groups in total. The number of rotatable bonds is 5. The standard InChI is InChI=1S/C54H37N3/c1-5-19-36(20-6-1)49-50(37-33-34-48-44(35-37)41-27-13-16-30-45(41)55(48)38-21-7-2-8-22-38)52-43-29-15-18-32-47(43)57(40-25-11-4-12-26-40)54(52)53-51(49)42-28-14-17-31-46(42)56(53)39-23-9-3-10-24-39/h1-35,42,46H. The second kappa shape index (κ2) is 12.6. The van der Waals surface area contributed by atoms with Crippen molar-refractivity contribution in [2.75, 3.05) is 4.90 Å². The van der Waals surface area contributed by atoms with Crippen molar-refractivity contribution in [2.24, 2.45) is 0 Å². The third-order valence-corrected chi connectivity index (χ3v) is 12.2. The van der Waals surface area contributed by atoms with Crippen LogP contribution in [0, 0.1) is 0 Å². The molecule has 57 heavy (non-hydrogen) atoms. The van der Waals surface area contributed by atoms with Crippen LogP contribution in [-0.4, -0.2) is 15.2 Å². The molecule has 8 aromatic carbocycles. The summed E-state index contributed by atoms with van der Waals surface area (Å²) in [6.07, 6.45) is 9.31. The van der Waals surface area contributed by atoms with Gasteiger partial charge in [0.25, 0.3) is 0 Å². The maximum absolute atomic E-state index is 2.62. The van der Waals surface area contributed by atoms with E-state index >= 15 is 0 Å².